The lowest BCUT2D eigenvalue weighted by Crippen LogP contribution is -2.36. The van der Waals surface area contributed by atoms with Crippen molar-refractivity contribution >= 4 is 29.9 Å². The van der Waals surface area contributed by atoms with Crippen LogP contribution in [0.25, 0.3) is 0 Å². The number of guanidine groups is 1. The molecule has 2 N–H and O–H groups in total. The lowest BCUT2D eigenvalue weighted by molar-refractivity contribution is -0.0504. The van der Waals surface area contributed by atoms with Crippen LogP contribution in [0.5, 0.6) is 11.6 Å². The zero-order valence-corrected chi connectivity index (χ0v) is 19.0. The Morgan fingerprint density at radius 2 is 1.86 bits per heavy atom. The molecule has 0 saturated carbocycles. The molecule has 2 aromatic rings. The normalized spacial score (nSPS) is 11.2. The first-order valence-corrected chi connectivity index (χ1v) is 9.14. The van der Waals surface area contributed by atoms with E-state index in [-0.39, 0.29) is 35.8 Å². The van der Waals surface area contributed by atoms with Crippen LogP contribution < -0.4 is 20.1 Å². The van der Waals surface area contributed by atoms with Gasteiger partial charge in [0.2, 0.25) is 5.88 Å². The second kappa shape index (κ2) is 13.1. The maximum atomic E-state index is 12.5. The van der Waals surface area contributed by atoms with Crippen LogP contribution in [0.3, 0.4) is 0 Å². The smallest absolute Gasteiger partial charge is 0.387 e. The molecule has 0 unspecified atom stereocenters. The average Bonchev–Trinajstić information content (AvgIpc) is 2.65. The Morgan fingerprint density at radius 1 is 1.10 bits per heavy atom. The third-order valence-electron chi connectivity index (χ3n) is 3.55. The zero-order chi connectivity index (χ0) is 20.4. The minimum atomic E-state index is -2.86. The fourth-order valence-electron chi connectivity index (χ4n) is 2.37. The van der Waals surface area contributed by atoms with E-state index in [2.05, 4.69) is 25.3 Å². The molecule has 0 fully saturated rings. The summed E-state index contributed by atoms with van der Waals surface area (Å²) in [7, 11) is 0. The molecule has 160 valence electrons. The summed E-state index contributed by atoms with van der Waals surface area (Å²) in [5.41, 5.74) is 1.54. The van der Waals surface area contributed by atoms with Gasteiger partial charge in [0.05, 0.1) is 12.6 Å². The van der Waals surface area contributed by atoms with Gasteiger partial charge in [-0.2, -0.15) is 8.78 Å². The van der Waals surface area contributed by atoms with Gasteiger partial charge in [0, 0.05) is 30.9 Å². The molecular formula is C20H27F2IN4O2. The quantitative estimate of drug-likeness (QED) is 0.293. The van der Waals surface area contributed by atoms with E-state index in [1.165, 1.54) is 6.07 Å². The highest BCUT2D eigenvalue weighted by atomic mass is 127. The highest BCUT2D eigenvalue weighted by molar-refractivity contribution is 14.0. The molecule has 29 heavy (non-hydrogen) atoms. The van der Waals surface area contributed by atoms with Gasteiger partial charge in [-0.1, -0.05) is 24.3 Å². The van der Waals surface area contributed by atoms with Crippen molar-refractivity contribution in [3.8, 4) is 11.6 Å². The van der Waals surface area contributed by atoms with Gasteiger partial charge in [-0.3, -0.25) is 0 Å². The van der Waals surface area contributed by atoms with Crippen LogP contribution in [0.2, 0.25) is 0 Å². The van der Waals surface area contributed by atoms with Crippen LogP contribution in [0, 0.1) is 0 Å². The van der Waals surface area contributed by atoms with Crippen LogP contribution in [0.15, 0.2) is 47.6 Å². The first-order valence-electron chi connectivity index (χ1n) is 9.14. The summed E-state index contributed by atoms with van der Waals surface area (Å²) in [5.74, 6) is 1.28. The van der Waals surface area contributed by atoms with Gasteiger partial charge in [-0.25, -0.2) is 9.98 Å². The molecule has 2 rings (SSSR count). The third kappa shape index (κ3) is 9.25. The number of alkyl halides is 2. The summed E-state index contributed by atoms with van der Waals surface area (Å²) in [6, 6.07) is 10.4. The lowest BCUT2D eigenvalue weighted by atomic mass is 10.2. The fourth-order valence-corrected chi connectivity index (χ4v) is 2.37. The molecule has 0 amide bonds. The molecule has 9 heteroatoms. The topological polar surface area (TPSA) is 67.8 Å². The van der Waals surface area contributed by atoms with Crippen molar-refractivity contribution in [2.75, 3.05) is 6.54 Å². The van der Waals surface area contributed by atoms with Gasteiger partial charge in [0.1, 0.15) is 5.75 Å². The van der Waals surface area contributed by atoms with E-state index in [0.29, 0.717) is 37.0 Å². The highest BCUT2D eigenvalue weighted by Crippen LogP contribution is 2.20. The Hall–Kier alpha value is -2.17. The predicted molar refractivity (Wildman–Crippen MR) is 120 cm³/mol. The summed E-state index contributed by atoms with van der Waals surface area (Å²) in [6.45, 7) is 4.36. The van der Waals surface area contributed by atoms with Crippen LogP contribution in [0.1, 0.15) is 31.9 Å². The van der Waals surface area contributed by atoms with E-state index in [0.717, 1.165) is 5.56 Å². The number of pyridine rings is 1. The molecule has 0 aliphatic carbocycles. The summed E-state index contributed by atoms with van der Waals surface area (Å²) in [6.07, 6.45) is 1.79. The monoisotopic (exact) mass is 520 g/mol. The van der Waals surface area contributed by atoms with Gasteiger partial charge in [0.15, 0.2) is 5.96 Å². The molecule has 0 atom stereocenters. The minimum absolute atomic E-state index is 0. The number of nitrogens with one attached hydrogen (secondary N) is 2. The summed E-state index contributed by atoms with van der Waals surface area (Å²) in [4.78, 5) is 8.76. The van der Waals surface area contributed by atoms with Crippen molar-refractivity contribution in [1.29, 1.82) is 0 Å². The number of halogens is 3. The van der Waals surface area contributed by atoms with Crippen molar-refractivity contribution in [3.05, 3.63) is 53.7 Å². The Morgan fingerprint density at radius 3 is 2.48 bits per heavy atom. The predicted octanol–water partition coefficient (Wildman–Crippen LogP) is 4.34. The highest BCUT2D eigenvalue weighted by Gasteiger charge is 2.09. The van der Waals surface area contributed by atoms with Crippen molar-refractivity contribution in [3.63, 3.8) is 0 Å². The van der Waals surface area contributed by atoms with Gasteiger partial charge < -0.3 is 20.1 Å². The Kier molecular flexibility index (Phi) is 11.3. The average molecular weight is 520 g/mol. The summed E-state index contributed by atoms with van der Waals surface area (Å²) in [5, 5.41) is 6.25. The van der Waals surface area contributed by atoms with Crippen LogP contribution in [0.4, 0.5) is 8.78 Å². The zero-order valence-electron chi connectivity index (χ0n) is 16.7. The first kappa shape index (κ1) is 24.9. The number of ether oxygens (including phenoxy) is 2. The van der Waals surface area contributed by atoms with E-state index in [4.69, 9.17) is 4.74 Å². The van der Waals surface area contributed by atoms with Crippen LogP contribution in [-0.4, -0.2) is 30.2 Å². The molecule has 6 nitrogen and oxygen atoms in total. The second-order valence-corrected chi connectivity index (χ2v) is 6.21. The standard InChI is InChI=1S/C20H26F2N4O2.HI/c1-4-23-20(25-12-15-9-10-18(24-11-15)27-14(2)3)26-13-16-7-5-6-8-17(16)28-19(21)22;/h5-11,14,19H,4,12-13H2,1-3H3,(H2,23,25,26);1H. The number of aromatic nitrogens is 1. The molecule has 1 heterocycles. The van der Waals surface area contributed by atoms with Gasteiger partial charge >= 0.3 is 6.61 Å². The summed E-state index contributed by atoms with van der Waals surface area (Å²) < 4.78 is 35.1. The molecule has 0 bridgehead atoms. The number of para-hydroxylation sites is 1. The van der Waals surface area contributed by atoms with Crippen molar-refractivity contribution in [2.24, 2.45) is 4.99 Å². The number of nitrogens with zero attached hydrogens (tertiary/aromatic N) is 2. The molecular weight excluding hydrogens is 493 g/mol. The van der Waals surface area contributed by atoms with Crippen LogP contribution in [-0.2, 0) is 13.1 Å². The van der Waals surface area contributed by atoms with E-state index < -0.39 is 6.61 Å². The molecule has 0 saturated heterocycles. The number of hydrogen-bond donors (Lipinski definition) is 2. The Bertz CT molecular complexity index is 758. The Labute approximate surface area is 187 Å². The Balaban J connectivity index is 0.00000420. The molecule has 0 radical (unpaired) electrons. The SMILES string of the molecule is CCNC(=NCc1ccc(OC(C)C)nc1)NCc1ccccc1OC(F)F.I. The molecule has 1 aromatic carbocycles. The number of rotatable bonds is 9. The van der Waals surface area contributed by atoms with Gasteiger partial charge in [0.25, 0.3) is 0 Å². The van der Waals surface area contributed by atoms with Crippen molar-refractivity contribution < 1.29 is 18.3 Å². The lowest BCUT2D eigenvalue weighted by Gasteiger charge is -2.14. The number of hydrogen-bond acceptors (Lipinski definition) is 4. The van der Waals surface area contributed by atoms with E-state index >= 15 is 0 Å². The number of aliphatic imine (C=N–C) groups is 1. The summed E-state index contributed by atoms with van der Waals surface area (Å²) >= 11 is 0. The largest absolute Gasteiger partial charge is 0.475 e. The maximum Gasteiger partial charge on any atom is 0.387 e. The molecule has 0 spiro atoms. The van der Waals surface area contributed by atoms with E-state index in [9.17, 15) is 8.78 Å². The fraction of sp³-hybridized carbons (Fsp3) is 0.400. The van der Waals surface area contributed by atoms with Crippen LogP contribution >= 0.6 is 24.0 Å². The second-order valence-electron chi connectivity index (χ2n) is 6.21. The van der Waals surface area contributed by atoms with Gasteiger partial charge in [-0.05, 0) is 32.4 Å². The van der Waals surface area contributed by atoms with Crippen molar-refractivity contribution in [2.45, 2.75) is 46.6 Å². The first-order chi connectivity index (χ1) is 13.5. The molecule has 1 aromatic heterocycles. The molecule has 0 aliphatic heterocycles. The van der Waals surface area contributed by atoms with E-state index in [1.54, 1.807) is 24.4 Å². The minimum Gasteiger partial charge on any atom is -0.475 e. The van der Waals surface area contributed by atoms with Crippen molar-refractivity contribution in [1.82, 2.24) is 15.6 Å². The van der Waals surface area contributed by atoms with Gasteiger partial charge in [-0.15, -0.1) is 24.0 Å². The maximum absolute atomic E-state index is 12.5. The van der Waals surface area contributed by atoms with E-state index in [1.807, 2.05) is 32.9 Å². The third-order valence-corrected chi connectivity index (χ3v) is 3.55. The number of benzene rings is 1. The molecule has 0 aliphatic rings.